The molecule has 0 spiro atoms. The van der Waals surface area contributed by atoms with Crippen LogP contribution in [0.2, 0.25) is 0 Å². The Kier molecular flexibility index (Phi) is 7.27. The second-order valence-electron chi connectivity index (χ2n) is 10.3. The fraction of sp³-hybridized carbons (Fsp3) is 0.464. The van der Waals surface area contributed by atoms with Gasteiger partial charge in [-0.25, -0.2) is 4.39 Å². The highest BCUT2D eigenvalue weighted by atomic mass is 19.1. The molecule has 3 aromatic rings. The van der Waals surface area contributed by atoms with Crippen LogP contribution in [0.25, 0.3) is 10.9 Å². The lowest BCUT2D eigenvalue weighted by Crippen LogP contribution is -2.31. The van der Waals surface area contributed by atoms with Gasteiger partial charge in [-0.05, 0) is 79.3 Å². The first-order valence-corrected chi connectivity index (χ1v) is 12.3. The van der Waals surface area contributed by atoms with Crippen molar-refractivity contribution in [2.75, 3.05) is 5.32 Å². The van der Waals surface area contributed by atoms with Crippen molar-refractivity contribution in [1.82, 2.24) is 9.97 Å². The average Bonchev–Trinajstić information content (AvgIpc) is 2.79. The number of hydrogen-bond acceptors (Lipinski definition) is 5. The summed E-state index contributed by atoms with van der Waals surface area (Å²) in [6.45, 7) is 8.56. The monoisotopic (exact) mass is 462 g/mol. The number of carbonyl (C=O) groups is 1. The second kappa shape index (κ2) is 10.2. The van der Waals surface area contributed by atoms with Crippen molar-refractivity contribution < 1.29 is 9.18 Å². The van der Waals surface area contributed by atoms with Crippen LogP contribution in [0.3, 0.4) is 0 Å². The molecule has 0 bridgehead atoms. The quantitative estimate of drug-likeness (QED) is 0.429. The fourth-order valence-corrected chi connectivity index (χ4v) is 5.08. The Morgan fingerprint density at radius 2 is 1.97 bits per heavy atom. The van der Waals surface area contributed by atoms with Gasteiger partial charge >= 0.3 is 0 Å². The standard InChI is InChI=1S/C28H35FN4O/c1-16(2)18(4)33-22-13-25-26(29)6-5-24(28(25)32-15-22)27(34)12-20-14-31-8-7-23(20)19-9-17(3)10-21(30)11-19/h5-8,13-19,21,33H,9-12,30H2,1-4H3/t17-,18+,19+,21-/m0/s1. The van der Waals surface area contributed by atoms with Gasteiger partial charge in [-0.3, -0.25) is 14.8 Å². The maximum Gasteiger partial charge on any atom is 0.169 e. The number of hydrogen-bond donors (Lipinski definition) is 2. The summed E-state index contributed by atoms with van der Waals surface area (Å²) >= 11 is 0. The lowest BCUT2D eigenvalue weighted by molar-refractivity contribution is 0.0994. The van der Waals surface area contributed by atoms with Crippen LogP contribution < -0.4 is 11.1 Å². The fourth-order valence-electron chi connectivity index (χ4n) is 5.08. The molecule has 0 unspecified atom stereocenters. The number of fused-ring (bicyclic) bond motifs is 1. The third kappa shape index (κ3) is 5.27. The molecule has 1 saturated carbocycles. The molecule has 4 rings (SSSR count). The number of nitrogens with two attached hydrogens (primary N) is 1. The van der Waals surface area contributed by atoms with Crippen LogP contribution in [0.1, 0.15) is 74.4 Å². The number of rotatable bonds is 7. The molecule has 180 valence electrons. The van der Waals surface area contributed by atoms with Gasteiger partial charge in [0.1, 0.15) is 5.82 Å². The van der Waals surface area contributed by atoms with E-state index in [4.69, 9.17) is 5.73 Å². The van der Waals surface area contributed by atoms with Crippen LogP contribution in [0, 0.1) is 17.7 Å². The molecule has 0 saturated heterocycles. The Bertz CT molecular complexity index is 1170. The average molecular weight is 463 g/mol. The summed E-state index contributed by atoms with van der Waals surface area (Å²) in [6.07, 6.45) is 8.47. The number of halogens is 1. The van der Waals surface area contributed by atoms with Crippen LogP contribution >= 0.6 is 0 Å². The Labute approximate surface area is 201 Å². The van der Waals surface area contributed by atoms with Crippen molar-refractivity contribution in [3.63, 3.8) is 0 Å². The minimum atomic E-state index is -0.382. The molecule has 2 heterocycles. The normalized spacial score (nSPS) is 21.6. The van der Waals surface area contributed by atoms with Crippen molar-refractivity contribution in [3.8, 4) is 0 Å². The van der Waals surface area contributed by atoms with Crippen molar-refractivity contribution >= 4 is 22.4 Å². The number of Topliss-reactive ketones (excluding diaryl/α,β-unsaturated/α-hetero) is 1. The number of anilines is 1. The molecule has 0 radical (unpaired) electrons. The SMILES string of the molecule is CC(C)[C@@H](C)Nc1cnc2c(C(=O)Cc3cnccc3[C@@H]3C[C@H](C)C[C@H](N)C3)ccc(F)c2c1. The third-order valence-electron chi connectivity index (χ3n) is 7.20. The van der Waals surface area contributed by atoms with E-state index in [2.05, 4.69) is 43.0 Å². The molecule has 0 aliphatic heterocycles. The van der Waals surface area contributed by atoms with Gasteiger partial charge in [-0.2, -0.15) is 0 Å². The molecule has 0 amide bonds. The van der Waals surface area contributed by atoms with Gasteiger partial charge in [-0.1, -0.05) is 20.8 Å². The van der Waals surface area contributed by atoms with Crippen LogP contribution in [-0.4, -0.2) is 27.8 Å². The van der Waals surface area contributed by atoms with E-state index in [-0.39, 0.29) is 30.1 Å². The Morgan fingerprint density at radius 1 is 1.18 bits per heavy atom. The number of aromatic nitrogens is 2. The third-order valence-corrected chi connectivity index (χ3v) is 7.20. The number of pyridine rings is 2. The zero-order valence-electron chi connectivity index (χ0n) is 20.5. The molecule has 1 aliphatic rings. The zero-order valence-corrected chi connectivity index (χ0v) is 20.5. The summed E-state index contributed by atoms with van der Waals surface area (Å²) < 4.78 is 14.7. The number of nitrogens with zero attached hydrogens (tertiary/aromatic N) is 2. The van der Waals surface area contributed by atoms with Gasteiger partial charge in [0, 0.05) is 41.8 Å². The number of nitrogens with one attached hydrogen (secondary N) is 1. The summed E-state index contributed by atoms with van der Waals surface area (Å²) in [5.74, 6) is 0.827. The topological polar surface area (TPSA) is 80.9 Å². The predicted octanol–water partition coefficient (Wildman–Crippen LogP) is 5.88. The maximum absolute atomic E-state index is 14.7. The Morgan fingerprint density at radius 3 is 2.71 bits per heavy atom. The molecular weight excluding hydrogens is 427 g/mol. The van der Waals surface area contributed by atoms with Gasteiger partial charge in [0.2, 0.25) is 0 Å². The van der Waals surface area contributed by atoms with Gasteiger partial charge < -0.3 is 11.1 Å². The van der Waals surface area contributed by atoms with E-state index < -0.39 is 0 Å². The molecule has 34 heavy (non-hydrogen) atoms. The van der Waals surface area contributed by atoms with E-state index in [1.807, 2.05) is 6.07 Å². The Balaban J connectivity index is 1.62. The number of benzene rings is 1. The lowest BCUT2D eigenvalue weighted by atomic mass is 9.75. The predicted molar refractivity (Wildman–Crippen MR) is 136 cm³/mol. The molecule has 1 fully saturated rings. The summed E-state index contributed by atoms with van der Waals surface area (Å²) in [7, 11) is 0. The molecular formula is C28H35FN4O. The largest absolute Gasteiger partial charge is 0.381 e. The molecule has 5 nitrogen and oxygen atoms in total. The van der Waals surface area contributed by atoms with E-state index >= 15 is 0 Å². The minimum absolute atomic E-state index is 0.0869. The number of ketones is 1. The highest BCUT2D eigenvalue weighted by molar-refractivity contribution is 6.08. The van der Waals surface area contributed by atoms with E-state index in [9.17, 15) is 9.18 Å². The first kappa shape index (κ1) is 24.3. The van der Waals surface area contributed by atoms with Gasteiger partial charge in [0.25, 0.3) is 0 Å². The van der Waals surface area contributed by atoms with E-state index in [0.29, 0.717) is 34.2 Å². The zero-order chi connectivity index (χ0) is 24.4. The van der Waals surface area contributed by atoms with E-state index in [1.165, 1.54) is 6.07 Å². The molecule has 2 aromatic heterocycles. The van der Waals surface area contributed by atoms with Crippen molar-refractivity contribution in [2.45, 2.75) is 71.4 Å². The lowest BCUT2D eigenvalue weighted by Gasteiger charge is -2.32. The van der Waals surface area contributed by atoms with Crippen LogP contribution in [0.15, 0.2) is 42.9 Å². The van der Waals surface area contributed by atoms with E-state index in [1.54, 1.807) is 30.7 Å². The van der Waals surface area contributed by atoms with Gasteiger partial charge in [0.05, 0.1) is 17.4 Å². The summed E-state index contributed by atoms with van der Waals surface area (Å²) in [5, 5.41) is 3.72. The van der Waals surface area contributed by atoms with E-state index in [0.717, 1.165) is 36.1 Å². The molecule has 1 aromatic carbocycles. The van der Waals surface area contributed by atoms with Crippen molar-refractivity contribution in [1.29, 1.82) is 0 Å². The summed E-state index contributed by atoms with van der Waals surface area (Å²) in [4.78, 5) is 22.2. The minimum Gasteiger partial charge on any atom is -0.381 e. The Hall–Kier alpha value is -2.86. The molecule has 4 atom stereocenters. The molecule has 3 N–H and O–H groups in total. The van der Waals surface area contributed by atoms with Crippen LogP contribution in [-0.2, 0) is 6.42 Å². The van der Waals surface area contributed by atoms with Crippen molar-refractivity contribution in [2.24, 2.45) is 17.6 Å². The second-order valence-corrected chi connectivity index (χ2v) is 10.3. The van der Waals surface area contributed by atoms with Crippen LogP contribution in [0.5, 0.6) is 0 Å². The van der Waals surface area contributed by atoms with Gasteiger partial charge in [-0.15, -0.1) is 0 Å². The first-order valence-electron chi connectivity index (χ1n) is 12.3. The highest BCUT2D eigenvalue weighted by Gasteiger charge is 2.27. The van der Waals surface area contributed by atoms with Crippen LogP contribution in [0.4, 0.5) is 10.1 Å². The molecule has 1 aliphatic carbocycles. The smallest absolute Gasteiger partial charge is 0.169 e. The maximum atomic E-state index is 14.7. The first-order chi connectivity index (χ1) is 16.2. The molecule has 6 heteroatoms. The number of carbonyl (C=O) groups excluding carboxylic acids is 1. The van der Waals surface area contributed by atoms with Gasteiger partial charge in [0.15, 0.2) is 5.78 Å². The highest BCUT2D eigenvalue weighted by Crippen LogP contribution is 2.37. The summed E-state index contributed by atoms with van der Waals surface area (Å²) in [6, 6.07) is 7.06. The summed E-state index contributed by atoms with van der Waals surface area (Å²) in [5.41, 5.74) is 9.94. The van der Waals surface area contributed by atoms with Crippen molar-refractivity contribution in [3.05, 3.63) is 65.4 Å².